The second-order valence-electron chi connectivity index (χ2n) is 5.03. The van der Waals surface area contributed by atoms with E-state index in [4.69, 9.17) is 4.74 Å². The highest BCUT2D eigenvalue weighted by Crippen LogP contribution is 2.19. The molecule has 0 saturated carbocycles. The Balaban J connectivity index is 1.96. The number of nitro benzene ring substituents is 1. The number of nitrogens with one attached hydrogen (secondary N) is 1. The van der Waals surface area contributed by atoms with Crippen LogP contribution in [0.5, 0.6) is 0 Å². The SMILES string of the molecule is CC(OC(=O)c1ccccc1[N+](=O)[O-])C(=O)NCc1ccccc1. The second kappa shape index (κ2) is 7.87. The van der Waals surface area contributed by atoms with Gasteiger partial charge in [0, 0.05) is 12.6 Å². The Bertz CT molecular complexity index is 746. The van der Waals surface area contributed by atoms with Crippen LogP contribution in [0.15, 0.2) is 54.6 Å². The fourth-order valence-electron chi connectivity index (χ4n) is 2.01. The van der Waals surface area contributed by atoms with Gasteiger partial charge < -0.3 is 10.1 Å². The summed E-state index contributed by atoms with van der Waals surface area (Å²) < 4.78 is 5.02. The molecule has 0 aromatic heterocycles. The predicted octanol–water partition coefficient (Wildman–Crippen LogP) is 2.46. The predicted molar refractivity (Wildman–Crippen MR) is 86.3 cm³/mol. The maximum atomic E-state index is 12.1. The number of nitrogens with zero attached hydrogens (tertiary/aromatic N) is 1. The fourth-order valence-corrected chi connectivity index (χ4v) is 2.01. The van der Waals surface area contributed by atoms with Crippen LogP contribution in [0.1, 0.15) is 22.8 Å². The molecule has 0 aliphatic heterocycles. The normalized spacial score (nSPS) is 11.4. The van der Waals surface area contributed by atoms with Crippen LogP contribution in [0.25, 0.3) is 0 Å². The number of esters is 1. The van der Waals surface area contributed by atoms with Crippen LogP contribution in [-0.2, 0) is 16.1 Å². The van der Waals surface area contributed by atoms with E-state index in [2.05, 4.69) is 5.32 Å². The van der Waals surface area contributed by atoms with E-state index in [0.717, 1.165) is 5.56 Å². The van der Waals surface area contributed by atoms with Gasteiger partial charge in [0.05, 0.1) is 4.92 Å². The summed E-state index contributed by atoms with van der Waals surface area (Å²) in [6.07, 6.45) is -1.07. The van der Waals surface area contributed by atoms with Gasteiger partial charge in [-0.15, -0.1) is 0 Å². The minimum Gasteiger partial charge on any atom is -0.449 e. The van der Waals surface area contributed by atoms with Gasteiger partial charge in [0.2, 0.25) is 0 Å². The highest BCUT2D eigenvalue weighted by molar-refractivity contribution is 5.95. The zero-order chi connectivity index (χ0) is 17.5. The molecule has 0 bridgehead atoms. The fraction of sp³-hybridized carbons (Fsp3) is 0.176. The van der Waals surface area contributed by atoms with Crippen molar-refractivity contribution < 1.29 is 19.2 Å². The van der Waals surface area contributed by atoms with Crippen LogP contribution in [-0.4, -0.2) is 22.9 Å². The van der Waals surface area contributed by atoms with E-state index in [1.165, 1.54) is 31.2 Å². The monoisotopic (exact) mass is 328 g/mol. The molecule has 0 spiro atoms. The summed E-state index contributed by atoms with van der Waals surface area (Å²) >= 11 is 0. The van der Waals surface area contributed by atoms with Gasteiger partial charge in [-0.3, -0.25) is 14.9 Å². The van der Waals surface area contributed by atoms with E-state index in [9.17, 15) is 19.7 Å². The number of hydrogen-bond donors (Lipinski definition) is 1. The number of ether oxygens (including phenoxy) is 1. The van der Waals surface area contributed by atoms with Crippen LogP contribution in [0.3, 0.4) is 0 Å². The molecule has 24 heavy (non-hydrogen) atoms. The van der Waals surface area contributed by atoms with Crippen LogP contribution < -0.4 is 5.32 Å². The molecule has 1 N–H and O–H groups in total. The molecule has 7 heteroatoms. The molecule has 1 unspecified atom stereocenters. The molecular weight excluding hydrogens is 312 g/mol. The van der Waals surface area contributed by atoms with Crippen molar-refractivity contribution in [3.8, 4) is 0 Å². The van der Waals surface area contributed by atoms with Gasteiger partial charge in [-0.25, -0.2) is 4.79 Å². The largest absolute Gasteiger partial charge is 0.449 e. The Morgan fingerprint density at radius 2 is 1.75 bits per heavy atom. The van der Waals surface area contributed by atoms with Crippen LogP contribution >= 0.6 is 0 Å². The Morgan fingerprint density at radius 1 is 1.12 bits per heavy atom. The molecule has 7 nitrogen and oxygen atoms in total. The molecule has 2 aromatic rings. The third-order valence-electron chi connectivity index (χ3n) is 3.28. The number of nitro groups is 1. The maximum Gasteiger partial charge on any atom is 0.345 e. The molecule has 0 saturated heterocycles. The number of amides is 1. The third kappa shape index (κ3) is 4.39. The summed E-state index contributed by atoms with van der Waals surface area (Å²) in [5.41, 5.74) is 0.354. The summed E-state index contributed by atoms with van der Waals surface area (Å²) in [4.78, 5) is 34.3. The Hall–Kier alpha value is -3.22. The van der Waals surface area contributed by atoms with E-state index in [1.807, 2.05) is 30.3 Å². The van der Waals surface area contributed by atoms with Crippen molar-refractivity contribution in [2.75, 3.05) is 0 Å². The Labute approximate surface area is 138 Å². The Morgan fingerprint density at radius 3 is 2.42 bits per heavy atom. The molecule has 1 amide bonds. The molecule has 0 heterocycles. The smallest absolute Gasteiger partial charge is 0.345 e. The lowest BCUT2D eigenvalue weighted by Crippen LogP contribution is -2.35. The topological polar surface area (TPSA) is 98.5 Å². The molecule has 1 atom stereocenters. The minimum absolute atomic E-state index is 0.190. The minimum atomic E-state index is -1.07. The third-order valence-corrected chi connectivity index (χ3v) is 3.28. The molecular formula is C17H16N2O5. The van der Waals surface area contributed by atoms with Crippen molar-refractivity contribution in [1.82, 2.24) is 5.32 Å². The van der Waals surface area contributed by atoms with Crippen LogP contribution in [0.2, 0.25) is 0 Å². The van der Waals surface area contributed by atoms with Gasteiger partial charge in [-0.2, -0.15) is 0 Å². The molecule has 0 radical (unpaired) electrons. The molecule has 124 valence electrons. The zero-order valence-corrected chi connectivity index (χ0v) is 13.0. The average molecular weight is 328 g/mol. The van der Waals surface area contributed by atoms with Gasteiger partial charge >= 0.3 is 5.97 Å². The summed E-state index contributed by atoms with van der Waals surface area (Å²) in [5, 5.41) is 13.6. The molecule has 2 aromatic carbocycles. The van der Waals surface area contributed by atoms with Crippen LogP contribution in [0.4, 0.5) is 5.69 Å². The number of benzene rings is 2. The first-order valence-corrected chi connectivity index (χ1v) is 7.25. The van der Waals surface area contributed by atoms with Crippen molar-refractivity contribution in [1.29, 1.82) is 0 Å². The second-order valence-corrected chi connectivity index (χ2v) is 5.03. The van der Waals surface area contributed by atoms with Crippen LogP contribution in [0, 0.1) is 10.1 Å². The quantitative estimate of drug-likeness (QED) is 0.499. The van der Waals surface area contributed by atoms with Gasteiger partial charge in [-0.1, -0.05) is 42.5 Å². The molecule has 0 aliphatic rings. The lowest BCUT2D eigenvalue weighted by atomic mass is 10.2. The van der Waals surface area contributed by atoms with Gasteiger partial charge in [0.25, 0.3) is 11.6 Å². The Kier molecular flexibility index (Phi) is 5.62. The van der Waals surface area contributed by atoms with Crippen molar-refractivity contribution in [2.45, 2.75) is 19.6 Å². The van der Waals surface area contributed by atoms with Crippen molar-refractivity contribution >= 4 is 17.6 Å². The zero-order valence-electron chi connectivity index (χ0n) is 13.0. The van der Waals surface area contributed by atoms with E-state index >= 15 is 0 Å². The summed E-state index contributed by atoms with van der Waals surface area (Å²) in [5.74, 6) is -1.39. The number of rotatable bonds is 6. The van der Waals surface area contributed by atoms with E-state index in [-0.39, 0.29) is 11.3 Å². The number of hydrogen-bond acceptors (Lipinski definition) is 5. The standard InChI is InChI=1S/C17H16N2O5/c1-12(16(20)18-11-13-7-3-2-4-8-13)24-17(21)14-9-5-6-10-15(14)19(22)23/h2-10,12H,11H2,1H3,(H,18,20). The van der Waals surface area contributed by atoms with Crippen molar-refractivity contribution in [2.24, 2.45) is 0 Å². The number of para-hydroxylation sites is 1. The van der Waals surface area contributed by atoms with Crippen molar-refractivity contribution in [3.63, 3.8) is 0 Å². The van der Waals surface area contributed by atoms with E-state index < -0.39 is 22.9 Å². The van der Waals surface area contributed by atoms with E-state index in [1.54, 1.807) is 0 Å². The molecule has 0 aliphatic carbocycles. The van der Waals surface area contributed by atoms with E-state index in [0.29, 0.717) is 6.54 Å². The summed E-state index contributed by atoms with van der Waals surface area (Å²) in [6, 6.07) is 14.7. The first kappa shape index (κ1) is 17.1. The average Bonchev–Trinajstić information content (AvgIpc) is 2.60. The molecule has 2 rings (SSSR count). The summed E-state index contributed by atoms with van der Waals surface area (Å²) in [7, 11) is 0. The van der Waals surface area contributed by atoms with Gasteiger partial charge in [-0.05, 0) is 18.6 Å². The first-order chi connectivity index (χ1) is 11.5. The van der Waals surface area contributed by atoms with Crippen molar-refractivity contribution in [3.05, 3.63) is 75.8 Å². The highest BCUT2D eigenvalue weighted by Gasteiger charge is 2.24. The van der Waals surface area contributed by atoms with Gasteiger partial charge in [0.1, 0.15) is 5.56 Å². The summed E-state index contributed by atoms with van der Waals surface area (Å²) in [6.45, 7) is 1.71. The molecule has 0 fully saturated rings. The van der Waals surface area contributed by atoms with Gasteiger partial charge in [0.15, 0.2) is 6.10 Å². The lowest BCUT2D eigenvalue weighted by Gasteiger charge is -2.13. The maximum absolute atomic E-state index is 12.1. The first-order valence-electron chi connectivity index (χ1n) is 7.25. The number of carbonyl (C=O) groups excluding carboxylic acids is 2. The number of carbonyl (C=O) groups is 2. The highest BCUT2D eigenvalue weighted by atomic mass is 16.6. The lowest BCUT2D eigenvalue weighted by molar-refractivity contribution is -0.385.